The predicted octanol–water partition coefficient (Wildman–Crippen LogP) is 0.719. The second-order valence-electron chi connectivity index (χ2n) is 4.56. The second-order valence-corrected chi connectivity index (χ2v) is 4.56. The molecule has 0 atom stereocenters. The smallest absolute Gasteiger partial charge is 0.267 e. The molecule has 0 fully saturated rings. The lowest BCUT2D eigenvalue weighted by atomic mass is 10.2. The van der Waals surface area contributed by atoms with Gasteiger partial charge in [-0.2, -0.15) is 0 Å². The molecular formula is C13H19N3O3. The predicted molar refractivity (Wildman–Crippen MR) is 71.0 cm³/mol. The molecular weight excluding hydrogens is 246 g/mol. The van der Waals surface area contributed by atoms with Crippen LogP contribution >= 0.6 is 0 Å². The lowest BCUT2D eigenvalue weighted by Gasteiger charge is -2.08. The Labute approximate surface area is 112 Å². The maximum absolute atomic E-state index is 11.7. The molecule has 19 heavy (non-hydrogen) atoms. The molecule has 6 heteroatoms. The molecule has 0 spiro atoms. The van der Waals surface area contributed by atoms with Gasteiger partial charge in [0.2, 0.25) is 5.91 Å². The molecule has 104 valence electrons. The highest BCUT2D eigenvalue weighted by Crippen LogP contribution is 2.03. The fourth-order valence-corrected chi connectivity index (χ4v) is 1.39. The Kier molecular flexibility index (Phi) is 5.29. The third-order valence-electron chi connectivity index (χ3n) is 2.57. The first kappa shape index (κ1) is 14.9. The summed E-state index contributed by atoms with van der Waals surface area (Å²) < 4.78 is 0. The number of ketones is 1. The number of rotatable bonds is 6. The van der Waals surface area contributed by atoms with Crippen molar-refractivity contribution in [2.24, 2.45) is 5.92 Å². The number of hydrogen-bond acceptors (Lipinski definition) is 3. The number of nitrogens with one attached hydrogen (secondary N) is 3. The summed E-state index contributed by atoms with van der Waals surface area (Å²) in [5.41, 5.74) is 0.804. The third kappa shape index (κ3) is 4.57. The number of amides is 2. The van der Waals surface area contributed by atoms with E-state index in [0.717, 1.165) is 0 Å². The first-order valence-corrected chi connectivity index (χ1v) is 6.17. The highest BCUT2D eigenvalue weighted by atomic mass is 16.2. The summed E-state index contributed by atoms with van der Waals surface area (Å²) in [6.45, 7) is 5.76. The van der Waals surface area contributed by atoms with Crippen LogP contribution in [0.15, 0.2) is 12.3 Å². The molecule has 0 radical (unpaired) electrons. The summed E-state index contributed by atoms with van der Waals surface area (Å²) in [6.07, 6.45) is 1.50. The molecule has 0 aliphatic rings. The van der Waals surface area contributed by atoms with E-state index in [1.54, 1.807) is 13.8 Å². The monoisotopic (exact) mass is 265 g/mol. The molecule has 0 saturated heterocycles. The number of carbonyl (C=O) groups is 3. The van der Waals surface area contributed by atoms with Crippen molar-refractivity contribution < 1.29 is 14.4 Å². The maximum atomic E-state index is 11.7. The number of Topliss-reactive ketones (excluding diaryl/α,β-unsaturated/α-hetero) is 1. The Hall–Kier alpha value is -2.11. The molecule has 0 aromatic carbocycles. The first-order chi connectivity index (χ1) is 8.91. The van der Waals surface area contributed by atoms with Crippen molar-refractivity contribution in [3.8, 4) is 0 Å². The van der Waals surface area contributed by atoms with E-state index in [1.807, 2.05) is 0 Å². The Morgan fingerprint density at radius 3 is 2.37 bits per heavy atom. The van der Waals surface area contributed by atoms with Crippen molar-refractivity contribution in [3.63, 3.8) is 0 Å². The zero-order chi connectivity index (χ0) is 14.4. The minimum atomic E-state index is -0.300. The van der Waals surface area contributed by atoms with Crippen LogP contribution in [0.2, 0.25) is 0 Å². The third-order valence-corrected chi connectivity index (χ3v) is 2.57. The van der Waals surface area contributed by atoms with Crippen LogP contribution in [0.25, 0.3) is 0 Å². The zero-order valence-corrected chi connectivity index (χ0v) is 11.4. The van der Waals surface area contributed by atoms with Crippen LogP contribution in [0, 0.1) is 5.92 Å². The molecule has 0 saturated carbocycles. The van der Waals surface area contributed by atoms with Crippen LogP contribution in [0.1, 0.15) is 41.6 Å². The minimum Gasteiger partial charge on any atom is -0.356 e. The van der Waals surface area contributed by atoms with Gasteiger partial charge in [0.05, 0.1) is 0 Å². The Balaban J connectivity index is 2.35. The summed E-state index contributed by atoms with van der Waals surface area (Å²) in [7, 11) is 0. The van der Waals surface area contributed by atoms with E-state index in [4.69, 9.17) is 0 Å². The second kappa shape index (κ2) is 6.72. The topological polar surface area (TPSA) is 91.1 Å². The Morgan fingerprint density at radius 1 is 1.21 bits per heavy atom. The largest absolute Gasteiger partial charge is 0.356 e. The lowest BCUT2D eigenvalue weighted by molar-refractivity contribution is -0.123. The number of aromatic amines is 1. The fraction of sp³-hybridized carbons (Fsp3) is 0.462. The molecule has 1 rings (SSSR count). The normalized spacial score (nSPS) is 10.3. The summed E-state index contributed by atoms with van der Waals surface area (Å²) >= 11 is 0. The van der Waals surface area contributed by atoms with Crippen molar-refractivity contribution in [3.05, 3.63) is 23.5 Å². The molecule has 1 aromatic rings. The molecule has 2 amide bonds. The molecule has 0 unspecified atom stereocenters. The van der Waals surface area contributed by atoms with Gasteiger partial charge in [-0.3, -0.25) is 14.4 Å². The number of H-pyrrole nitrogens is 1. The lowest BCUT2D eigenvalue weighted by Crippen LogP contribution is -2.36. The molecule has 0 bridgehead atoms. The van der Waals surface area contributed by atoms with E-state index in [0.29, 0.717) is 24.3 Å². The van der Waals surface area contributed by atoms with E-state index in [9.17, 15) is 14.4 Å². The molecule has 6 nitrogen and oxygen atoms in total. The van der Waals surface area contributed by atoms with Gasteiger partial charge in [0.1, 0.15) is 5.69 Å². The van der Waals surface area contributed by atoms with Crippen LogP contribution in [-0.2, 0) is 4.79 Å². The number of carbonyl (C=O) groups excluding carboxylic acids is 3. The Bertz CT molecular complexity index is 477. The summed E-state index contributed by atoms with van der Waals surface area (Å²) in [5, 5.41) is 5.34. The zero-order valence-electron chi connectivity index (χ0n) is 11.4. The van der Waals surface area contributed by atoms with Gasteiger partial charge in [-0.1, -0.05) is 13.8 Å². The molecule has 1 heterocycles. The van der Waals surface area contributed by atoms with E-state index in [2.05, 4.69) is 15.6 Å². The summed E-state index contributed by atoms with van der Waals surface area (Å²) in [6, 6.07) is 1.50. The standard InChI is InChI=1S/C13H19N3O3/c1-8(2)12(18)14-4-5-15-13(19)11-6-10(7-16-11)9(3)17/h6-8,16H,4-5H2,1-3H3,(H,14,18)(H,15,19). The molecule has 1 aromatic heterocycles. The van der Waals surface area contributed by atoms with Gasteiger partial charge in [0, 0.05) is 30.8 Å². The average molecular weight is 265 g/mol. The van der Waals surface area contributed by atoms with Crippen molar-refractivity contribution in [2.75, 3.05) is 13.1 Å². The highest BCUT2D eigenvalue weighted by molar-refractivity contribution is 5.99. The van der Waals surface area contributed by atoms with Gasteiger partial charge in [0.25, 0.3) is 5.91 Å². The Morgan fingerprint density at radius 2 is 1.84 bits per heavy atom. The van der Waals surface area contributed by atoms with Crippen molar-refractivity contribution >= 4 is 17.6 Å². The van der Waals surface area contributed by atoms with Crippen molar-refractivity contribution in [1.29, 1.82) is 0 Å². The van der Waals surface area contributed by atoms with Crippen LogP contribution in [-0.4, -0.2) is 35.7 Å². The minimum absolute atomic E-state index is 0.0482. The van der Waals surface area contributed by atoms with Crippen LogP contribution in [0.5, 0.6) is 0 Å². The van der Waals surface area contributed by atoms with Crippen LogP contribution < -0.4 is 10.6 Å². The van der Waals surface area contributed by atoms with Crippen LogP contribution in [0.3, 0.4) is 0 Å². The van der Waals surface area contributed by atoms with Gasteiger partial charge in [0.15, 0.2) is 5.78 Å². The van der Waals surface area contributed by atoms with E-state index < -0.39 is 0 Å². The van der Waals surface area contributed by atoms with Gasteiger partial charge in [-0.05, 0) is 13.0 Å². The van der Waals surface area contributed by atoms with E-state index in [1.165, 1.54) is 19.2 Å². The van der Waals surface area contributed by atoms with Gasteiger partial charge in [-0.15, -0.1) is 0 Å². The average Bonchev–Trinajstić information content (AvgIpc) is 2.83. The number of hydrogen-bond donors (Lipinski definition) is 3. The van der Waals surface area contributed by atoms with Crippen molar-refractivity contribution in [2.45, 2.75) is 20.8 Å². The van der Waals surface area contributed by atoms with Crippen LogP contribution in [0.4, 0.5) is 0 Å². The summed E-state index contributed by atoms with van der Waals surface area (Å²) in [4.78, 5) is 36.8. The first-order valence-electron chi connectivity index (χ1n) is 6.17. The maximum Gasteiger partial charge on any atom is 0.267 e. The summed E-state index contributed by atoms with van der Waals surface area (Å²) in [5.74, 6) is -0.518. The van der Waals surface area contributed by atoms with E-state index in [-0.39, 0.29) is 23.5 Å². The van der Waals surface area contributed by atoms with E-state index >= 15 is 0 Å². The van der Waals surface area contributed by atoms with Gasteiger partial charge >= 0.3 is 0 Å². The quantitative estimate of drug-likeness (QED) is 0.523. The van der Waals surface area contributed by atoms with Gasteiger partial charge < -0.3 is 15.6 Å². The SMILES string of the molecule is CC(=O)c1c[nH]c(C(=O)NCCNC(=O)C(C)C)c1. The number of aromatic nitrogens is 1. The molecule has 0 aliphatic carbocycles. The molecule has 3 N–H and O–H groups in total. The van der Waals surface area contributed by atoms with Gasteiger partial charge in [-0.25, -0.2) is 0 Å². The van der Waals surface area contributed by atoms with Crippen molar-refractivity contribution in [1.82, 2.24) is 15.6 Å². The molecule has 0 aliphatic heterocycles. The fourth-order valence-electron chi connectivity index (χ4n) is 1.39. The highest BCUT2D eigenvalue weighted by Gasteiger charge is 2.10.